The molecule has 0 radical (unpaired) electrons. The Morgan fingerprint density at radius 1 is 1.21 bits per heavy atom. The van der Waals surface area contributed by atoms with Crippen LogP contribution in [0.2, 0.25) is 0 Å². The summed E-state index contributed by atoms with van der Waals surface area (Å²) in [6.45, 7) is 0. The third-order valence-electron chi connectivity index (χ3n) is 2.93. The van der Waals surface area contributed by atoms with Crippen molar-refractivity contribution in [2.24, 2.45) is 0 Å². The van der Waals surface area contributed by atoms with E-state index in [4.69, 9.17) is 0 Å². The van der Waals surface area contributed by atoms with Gasteiger partial charge in [-0.05, 0) is 6.07 Å². The molecule has 0 saturated heterocycles. The highest BCUT2D eigenvalue weighted by Gasteiger charge is 2.15. The Morgan fingerprint density at radius 3 is 2.58 bits per heavy atom. The van der Waals surface area contributed by atoms with Gasteiger partial charge in [-0.3, -0.25) is 4.40 Å². The Morgan fingerprint density at radius 2 is 1.95 bits per heavy atom. The minimum atomic E-state index is -3.36. The van der Waals surface area contributed by atoms with Crippen LogP contribution in [-0.2, 0) is 10.0 Å². The van der Waals surface area contributed by atoms with Crippen LogP contribution in [0.5, 0.6) is 0 Å². The zero-order chi connectivity index (χ0) is 13.8. The van der Waals surface area contributed by atoms with E-state index in [2.05, 4.69) is 9.97 Å². The second-order valence-corrected chi connectivity index (χ2v) is 6.41. The maximum absolute atomic E-state index is 11.7. The average Bonchev–Trinajstić information content (AvgIpc) is 2.90. The van der Waals surface area contributed by atoms with Crippen molar-refractivity contribution in [3.05, 3.63) is 24.7 Å². The van der Waals surface area contributed by atoms with Gasteiger partial charge in [0.25, 0.3) is 0 Å². The Labute approximate surface area is 110 Å². The van der Waals surface area contributed by atoms with E-state index in [1.165, 1.54) is 10.2 Å². The number of hydrogen-bond donors (Lipinski definition) is 0. The molecule has 0 aromatic carbocycles. The summed E-state index contributed by atoms with van der Waals surface area (Å²) in [4.78, 5) is 10.4. The van der Waals surface area contributed by atoms with Crippen LogP contribution in [0.1, 0.15) is 0 Å². The van der Waals surface area contributed by atoms with E-state index in [9.17, 15) is 8.42 Å². The van der Waals surface area contributed by atoms with Crippen LogP contribution in [0, 0.1) is 0 Å². The zero-order valence-corrected chi connectivity index (χ0v) is 11.6. The predicted octanol–water partition coefficient (Wildman–Crippen LogP) is 0.558. The molecule has 0 unspecified atom stereocenters. The molecule has 8 heteroatoms. The van der Waals surface area contributed by atoms with Crippen molar-refractivity contribution in [2.75, 3.05) is 25.3 Å². The fourth-order valence-electron chi connectivity index (χ4n) is 2.09. The Bertz CT molecular complexity index is 875. The smallest absolute Gasteiger partial charge is 0.237 e. The summed E-state index contributed by atoms with van der Waals surface area (Å²) in [5, 5.41) is 0. The second kappa shape index (κ2) is 3.70. The normalized spacial score (nSPS) is 12.4. The molecule has 3 heterocycles. The van der Waals surface area contributed by atoms with E-state index in [0.717, 1.165) is 12.1 Å². The van der Waals surface area contributed by atoms with Crippen molar-refractivity contribution < 1.29 is 8.42 Å². The summed E-state index contributed by atoms with van der Waals surface area (Å²) in [7, 11) is 0.448. The highest BCUT2D eigenvalue weighted by atomic mass is 32.2. The number of nitrogens with zero attached hydrogens (tertiary/aromatic N) is 5. The number of fused-ring (bicyclic) bond motifs is 3. The molecule has 0 N–H and O–H groups in total. The molecule has 0 saturated carbocycles. The van der Waals surface area contributed by atoms with Gasteiger partial charge in [0.1, 0.15) is 5.82 Å². The molecule has 0 aliphatic heterocycles. The lowest BCUT2D eigenvalue weighted by Crippen LogP contribution is -2.12. The highest BCUT2D eigenvalue weighted by Crippen LogP contribution is 2.22. The molecule has 0 amide bonds. The maximum Gasteiger partial charge on any atom is 0.237 e. The van der Waals surface area contributed by atoms with Crippen molar-refractivity contribution in [3.8, 4) is 0 Å². The monoisotopic (exact) mass is 279 g/mol. The van der Waals surface area contributed by atoms with E-state index < -0.39 is 10.0 Å². The molecule has 7 nitrogen and oxygen atoms in total. The molecule has 0 atom stereocenters. The quantitative estimate of drug-likeness (QED) is 0.685. The topological polar surface area (TPSA) is 72.5 Å². The van der Waals surface area contributed by atoms with Crippen LogP contribution in [0.4, 0.5) is 5.82 Å². The molecule has 0 aliphatic rings. The largest absolute Gasteiger partial charge is 0.363 e. The zero-order valence-electron chi connectivity index (χ0n) is 10.8. The van der Waals surface area contributed by atoms with E-state index in [0.29, 0.717) is 16.8 Å². The maximum atomic E-state index is 11.7. The molecule has 0 aliphatic carbocycles. The summed E-state index contributed by atoms with van der Waals surface area (Å²) in [5.41, 5.74) is 1.79. The molecular formula is C11H13N5O2S. The number of anilines is 1. The molecule has 3 aromatic rings. The van der Waals surface area contributed by atoms with E-state index in [-0.39, 0.29) is 0 Å². The van der Waals surface area contributed by atoms with E-state index >= 15 is 0 Å². The van der Waals surface area contributed by atoms with Crippen LogP contribution >= 0.6 is 0 Å². The van der Waals surface area contributed by atoms with Gasteiger partial charge in [-0.1, -0.05) is 0 Å². The first-order valence-electron chi connectivity index (χ1n) is 5.61. The standard InChI is InChI=1S/C11H13N5O2S/c1-14(2)10-7-12-9-6-13-11-8(16(9)10)4-5-15(11)19(3,17)18/h4-7H,1-3H3. The van der Waals surface area contributed by atoms with Gasteiger partial charge in [0.2, 0.25) is 10.0 Å². The van der Waals surface area contributed by atoms with Gasteiger partial charge in [-0.15, -0.1) is 0 Å². The van der Waals surface area contributed by atoms with Gasteiger partial charge >= 0.3 is 0 Å². The van der Waals surface area contributed by atoms with Crippen LogP contribution < -0.4 is 4.90 Å². The van der Waals surface area contributed by atoms with Crippen molar-refractivity contribution in [1.29, 1.82) is 0 Å². The lowest BCUT2D eigenvalue weighted by atomic mass is 10.5. The van der Waals surface area contributed by atoms with Gasteiger partial charge in [-0.2, -0.15) is 0 Å². The Kier molecular flexibility index (Phi) is 2.33. The van der Waals surface area contributed by atoms with Gasteiger partial charge in [0.05, 0.1) is 24.2 Å². The fourth-order valence-corrected chi connectivity index (χ4v) is 2.83. The average molecular weight is 279 g/mol. The third-order valence-corrected chi connectivity index (χ3v) is 3.94. The summed E-state index contributed by atoms with van der Waals surface area (Å²) in [5.74, 6) is 0.869. The van der Waals surface area contributed by atoms with Crippen LogP contribution in [-0.4, -0.2) is 47.1 Å². The van der Waals surface area contributed by atoms with Gasteiger partial charge in [-0.25, -0.2) is 22.4 Å². The molecule has 3 aromatic heterocycles. The summed E-state index contributed by atoms with van der Waals surface area (Å²) in [6.07, 6.45) is 5.95. The molecule has 0 spiro atoms. The lowest BCUT2D eigenvalue weighted by molar-refractivity contribution is 0.595. The van der Waals surface area contributed by atoms with Gasteiger partial charge < -0.3 is 4.90 Å². The lowest BCUT2D eigenvalue weighted by Gasteiger charge is -2.11. The number of rotatable bonds is 2. The van der Waals surface area contributed by atoms with Crippen LogP contribution in [0.15, 0.2) is 24.7 Å². The molecule has 0 fully saturated rings. The summed E-state index contributed by atoms with van der Waals surface area (Å²) >= 11 is 0. The molecule has 0 bridgehead atoms. The van der Waals surface area contributed by atoms with E-state index in [1.54, 1.807) is 18.5 Å². The predicted molar refractivity (Wildman–Crippen MR) is 73.1 cm³/mol. The van der Waals surface area contributed by atoms with Gasteiger partial charge in [0, 0.05) is 20.3 Å². The summed E-state index contributed by atoms with van der Waals surface area (Å²) in [6, 6.07) is 1.73. The van der Waals surface area contributed by atoms with Crippen molar-refractivity contribution >= 4 is 32.7 Å². The van der Waals surface area contributed by atoms with Crippen LogP contribution in [0.25, 0.3) is 16.8 Å². The third kappa shape index (κ3) is 1.67. The van der Waals surface area contributed by atoms with E-state index in [1.807, 2.05) is 23.4 Å². The minimum absolute atomic E-state index is 0.399. The Balaban J connectivity index is 2.48. The molecule has 19 heavy (non-hydrogen) atoms. The summed E-state index contributed by atoms with van der Waals surface area (Å²) < 4.78 is 26.4. The second-order valence-electron chi connectivity index (χ2n) is 4.55. The number of aromatic nitrogens is 4. The number of hydrogen-bond acceptors (Lipinski definition) is 5. The Hall–Kier alpha value is -2.09. The first-order chi connectivity index (χ1) is 8.89. The molecular weight excluding hydrogens is 266 g/mol. The first kappa shape index (κ1) is 12.0. The van der Waals surface area contributed by atoms with Crippen molar-refractivity contribution in [3.63, 3.8) is 0 Å². The van der Waals surface area contributed by atoms with Crippen LogP contribution in [0.3, 0.4) is 0 Å². The first-order valence-corrected chi connectivity index (χ1v) is 7.46. The molecule has 3 rings (SSSR count). The van der Waals surface area contributed by atoms with Crippen molar-refractivity contribution in [2.45, 2.75) is 0 Å². The molecule has 100 valence electrons. The van der Waals surface area contributed by atoms with Crippen molar-refractivity contribution in [1.82, 2.24) is 18.3 Å². The minimum Gasteiger partial charge on any atom is -0.363 e. The fraction of sp³-hybridized carbons (Fsp3) is 0.273. The number of imidazole rings is 1. The SMILES string of the molecule is CN(C)c1cnc2cnc3c(ccn3S(C)(=O)=O)n12. The van der Waals surface area contributed by atoms with Gasteiger partial charge in [0.15, 0.2) is 11.3 Å². The highest BCUT2D eigenvalue weighted by molar-refractivity contribution is 7.89.